The minimum Gasteiger partial charge on any atom is -0.481 e. The molecule has 18 heavy (non-hydrogen) atoms. The van der Waals surface area contributed by atoms with Crippen LogP contribution in [-0.4, -0.2) is 20.9 Å². The molecule has 0 unspecified atom stereocenters. The molecule has 1 aromatic carbocycles. The number of carboxylic acids is 1. The molecule has 0 amide bonds. The van der Waals surface area contributed by atoms with Crippen molar-refractivity contribution in [1.29, 1.82) is 0 Å². The zero-order valence-electron chi connectivity index (χ0n) is 9.52. The van der Waals surface area contributed by atoms with Crippen LogP contribution in [0.1, 0.15) is 11.3 Å². The van der Waals surface area contributed by atoms with Crippen molar-refractivity contribution < 1.29 is 9.90 Å². The van der Waals surface area contributed by atoms with E-state index in [1.165, 1.54) is 0 Å². The Kier molecular flexibility index (Phi) is 3.73. The van der Waals surface area contributed by atoms with Gasteiger partial charge >= 0.3 is 5.97 Å². The van der Waals surface area contributed by atoms with Gasteiger partial charge in [-0.3, -0.25) is 4.79 Å². The first-order valence-electron chi connectivity index (χ1n) is 5.20. The van der Waals surface area contributed by atoms with Crippen LogP contribution in [-0.2, 0) is 11.2 Å². The number of aromatic nitrogens is 2. The van der Waals surface area contributed by atoms with Crippen molar-refractivity contribution in [1.82, 2.24) is 9.78 Å². The maximum atomic E-state index is 10.7. The summed E-state index contributed by atoms with van der Waals surface area (Å²) in [7, 11) is 0. The molecule has 0 radical (unpaired) electrons. The van der Waals surface area contributed by atoms with E-state index in [-0.39, 0.29) is 6.42 Å². The lowest BCUT2D eigenvalue weighted by atomic mass is 10.2. The van der Waals surface area contributed by atoms with Crippen molar-refractivity contribution in [3.8, 4) is 5.69 Å². The SMILES string of the molecule is Cc1c(Cl)cccc1-n1cc(Br)c(CC(=O)O)n1. The van der Waals surface area contributed by atoms with Crippen molar-refractivity contribution in [2.45, 2.75) is 13.3 Å². The fourth-order valence-corrected chi connectivity index (χ4v) is 2.20. The standard InChI is InChI=1S/C12H10BrClN2O2/c1-7-9(14)3-2-4-11(7)16-6-8(13)10(15-16)5-12(17)18/h2-4,6H,5H2,1H3,(H,17,18). The molecule has 0 spiro atoms. The first kappa shape index (κ1) is 13.1. The highest BCUT2D eigenvalue weighted by atomic mass is 79.9. The summed E-state index contributed by atoms with van der Waals surface area (Å²) in [6, 6.07) is 5.51. The fourth-order valence-electron chi connectivity index (χ4n) is 1.62. The average Bonchev–Trinajstić information content (AvgIpc) is 2.63. The lowest BCUT2D eigenvalue weighted by Gasteiger charge is -2.06. The number of carboxylic acid groups (broad SMARTS) is 1. The Labute approximate surface area is 117 Å². The predicted octanol–water partition coefficient (Wildman–Crippen LogP) is 3.22. The molecule has 1 N–H and O–H groups in total. The number of nitrogens with zero attached hydrogens (tertiary/aromatic N) is 2. The fraction of sp³-hybridized carbons (Fsp3) is 0.167. The average molecular weight is 330 g/mol. The van der Waals surface area contributed by atoms with E-state index in [0.29, 0.717) is 15.2 Å². The van der Waals surface area contributed by atoms with Crippen molar-refractivity contribution >= 4 is 33.5 Å². The molecule has 2 rings (SSSR count). The second-order valence-corrected chi connectivity index (χ2v) is 5.08. The zero-order chi connectivity index (χ0) is 13.3. The van der Waals surface area contributed by atoms with Crippen LogP contribution in [0.15, 0.2) is 28.9 Å². The van der Waals surface area contributed by atoms with E-state index in [4.69, 9.17) is 16.7 Å². The summed E-state index contributed by atoms with van der Waals surface area (Å²) < 4.78 is 2.30. The van der Waals surface area contributed by atoms with Crippen LogP contribution < -0.4 is 0 Å². The second-order valence-electron chi connectivity index (χ2n) is 3.82. The smallest absolute Gasteiger partial charge is 0.309 e. The van der Waals surface area contributed by atoms with Gasteiger partial charge in [-0.25, -0.2) is 4.68 Å². The Balaban J connectivity index is 2.46. The molecular weight excluding hydrogens is 320 g/mol. The summed E-state index contributed by atoms with van der Waals surface area (Å²) in [6.45, 7) is 1.89. The maximum absolute atomic E-state index is 10.7. The van der Waals surface area contributed by atoms with Crippen molar-refractivity contribution in [3.63, 3.8) is 0 Å². The predicted molar refractivity (Wildman–Crippen MR) is 72.4 cm³/mol. The van der Waals surface area contributed by atoms with Crippen LogP contribution in [0.3, 0.4) is 0 Å². The van der Waals surface area contributed by atoms with Gasteiger partial charge < -0.3 is 5.11 Å². The number of benzene rings is 1. The molecule has 0 saturated heterocycles. The summed E-state index contributed by atoms with van der Waals surface area (Å²) in [6.07, 6.45) is 1.62. The normalized spacial score (nSPS) is 10.6. The van der Waals surface area contributed by atoms with Crippen LogP contribution in [0.4, 0.5) is 0 Å². The highest BCUT2D eigenvalue weighted by molar-refractivity contribution is 9.10. The zero-order valence-corrected chi connectivity index (χ0v) is 11.9. The summed E-state index contributed by atoms with van der Waals surface area (Å²) in [5.74, 6) is -0.913. The quantitative estimate of drug-likeness (QED) is 0.940. The van der Waals surface area contributed by atoms with Crippen molar-refractivity contribution in [2.75, 3.05) is 0 Å². The summed E-state index contributed by atoms with van der Waals surface area (Å²) in [5, 5.41) is 13.7. The van der Waals surface area contributed by atoms with Crippen LogP contribution in [0.25, 0.3) is 5.69 Å². The molecule has 0 aliphatic heterocycles. The highest BCUT2D eigenvalue weighted by Crippen LogP contribution is 2.24. The molecule has 0 fully saturated rings. The van der Waals surface area contributed by atoms with E-state index in [1.54, 1.807) is 16.9 Å². The molecule has 2 aromatic rings. The van der Waals surface area contributed by atoms with E-state index < -0.39 is 5.97 Å². The number of carbonyl (C=O) groups is 1. The van der Waals surface area contributed by atoms with Gasteiger partial charge in [0.15, 0.2) is 0 Å². The van der Waals surface area contributed by atoms with Crippen LogP contribution in [0, 0.1) is 6.92 Å². The number of halogens is 2. The maximum Gasteiger partial charge on any atom is 0.309 e. The Hall–Kier alpha value is -1.33. The van der Waals surface area contributed by atoms with Gasteiger partial charge in [0.25, 0.3) is 0 Å². The summed E-state index contributed by atoms with van der Waals surface area (Å²) >= 11 is 9.35. The molecule has 94 valence electrons. The molecule has 1 heterocycles. The Morgan fingerprint density at radius 2 is 2.28 bits per heavy atom. The number of hydrogen-bond acceptors (Lipinski definition) is 2. The number of hydrogen-bond donors (Lipinski definition) is 1. The number of rotatable bonds is 3. The van der Waals surface area contributed by atoms with Crippen LogP contribution >= 0.6 is 27.5 Å². The first-order valence-corrected chi connectivity index (χ1v) is 6.37. The molecule has 6 heteroatoms. The lowest BCUT2D eigenvalue weighted by Crippen LogP contribution is -2.03. The monoisotopic (exact) mass is 328 g/mol. The Bertz CT molecular complexity index is 610. The molecule has 4 nitrogen and oxygen atoms in total. The van der Waals surface area contributed by atoms with Crippen LogP contribution in [0.2, 0.25) is 5.02 Å². The van der Waals surface area contributed by atoms with Crippen molar-refractivity contribution in [2.24, 2.45) is 0 Å². The van der Waals surface area contributed by atoms with E-state index in [0.717, 1.165) is 11.3 Å². The molecule has 0 aliphatic carbocycles. The van der Waals surface area contributed by atoms with E-state index in [9.17, 15) is 4.79 Å². The second kappa shape index (κ2) is 5.12. The minimum atomic E-state index is -0.913. The first-order chi connectivity index (χ1) is 8.49. The molecule has 0 bridgehead atoms. The van der Waals surface area contributed by atoms with Gasteiger partial charge in [0.2, 0.25) is 0 Å². The minimum absolute atomic E-state index is 0.118. The van der Waals surface area contributed by atoms with Gasteiger partial charge in [-0.05, 0) is 40.5 Å². The molecule has 0 atom stereocenters. The third kappa shape index (κ3) is 2.57. The van der Waals surface area contributed by atoms with E-state index in [2.05, 4.69) is 21.0 Å². The number of aliphatic carboxylic acids is 1. The Morgan fingerprint density at radius 3 is 2.94 bits per heavy atom. The largest absolute Gasteiger partial charge is 0.481 e. The lowest BCUT2D eigenvalue weighted by molar-refractivity contribution is -0.136. The van der Waals surface area contributed by atoms with Gasteiger partial charge in [-0.1, -0.05) is 17.7 Å². The van der Waals surface area contributed by atoms with Crippen molar-refractivity contribution in [3.05, 3.63) is 45.1 Å². The summed E-state index contributed by atoms with van der Waals surface area (Å²) in [4.78, 5) is 10.7. The molecule has 0 aliphatic rings. The van der Waals surface area contributed by atoms with Crippen LogP contribution in [0.5, 0.6) is 0 Å². The third-order valence-corrected chi connectivity index (χ3v) is 3.62. The van der Waals surface area contributed by atoms with Gasteiger partial charge in [0, 0.05) is 11.2 Å². The van der Waals surface area contributed by atoms with E-state index in [1.807, 2.05) is 19.1 Å². The molecular formula is C12H10BrClN2O2. The third-order valence-electron chi connectivity index (χ3n) is 2.54. The summed E-state index contributed by atoms with van der Waals surface area (Å²) in [5.41, 5.74) is 2.22. The van der Waals surface area contributed by atoms with Gasteiger partial charge in [-0.15, -0.1) is 0 Å². The van der Waals surface area contributed by atoms with E-state index >= 15 is 0 Å². The van der Waals surface area contributed by atoms with Gasteiger partial charge in [0.1, 0.15) is 0 Å². The molecule has 1 aromatic heterocycles. The Morgan fingerprint density at radius 1 is 1.56 bits per heavy atom. The highest BCUT2D eigenvalue weighted by Gasteiger charge is 2.12. The topological polar surface area (TPSA) is 55.1 Å². The van der Waals surface area contributed by atoms with Gasteiger partial charge in [0.05, 0.1) is 22.3 Å². The van der Waals surface area contributed by atoms with Gasteiger partial charge in [-0.2, -0.15) is 5.10 Å². The molecule has 0 saturated carbocycles.